The van der Waals surface area contributed by atoms with E-state index in [2.05, 4.69) is 10.6 Å². The zero-order valence-corrected chi connectivity index (χ0v) is 17.7. The van der Waals surface area contributed by atoms with Gasteiger partial charge >= 0.3 is 0 Å². The third-order valence-corrected chi connectivity index (χ3v) is 4.48. The van der Waals surface area contributed by atoms with Crippen molar-refractivity contribution in [2.24, 2.45) is 5.41 Å². The fourth-order valence-electron chi connectivity index (χ4n) is 2.68. The Kier molecular flexibility index (Phi) is 7.15. The second-order valence-corrected chi connectivity index (χ2v) is 7.80. The number of nitrogens with zero attached hydrogens (tertiary/aromatic N) is 1. The number of anilines is 2. The Morgan fingerprint density at radius 2 is 1.34 bits per heavy atom. The maximum Gasteiger partial charge on any atom is 0.255 e. The molecular formula is C23H29N3O3. The van der Waals surface area contributed by atoms with Crippen LogP contribution in [-0.4, -0.2) is 35.7 Å². The van der Waals surface area contributed by atoms with Crippen LogP contribution in [0.1, 0.15) is 55.3 Å². The van der Waals surface area contributed by atoms with Gasteiger partial charge in [-0.25, -0.2) is 0 Å². The van der Waals surface area contributed by atoms with Crippen molar-refractivity contribution >= 4 is 29.1 Å². The number of carbonyl (C=O) groups excluding carboxylic acids is 3. The molecule has 0 atom stereocenters. The molecule has 154 valence electrons. The van der Waals surface area contributed by atoms with Crippen LogP contribution in [0.4, 0.5) is 11.4 Å². The summed E-state index contributed by atoms with van der Waals surface area (Å²) >= 11 is 0. The average molecular weight is 396 g/mol. The lowest BCUT2D eigenvalue weighted by molar-refractivity contribution is -0.123. The molecule has 2 aromatic carbocycles. The van der Waals surface area contributed by atoms with Crippen LogP contribution in [0.5, 0.6) is 0 Å². The van der Waals surface area contributed by atoms with Gasteiger partial charge in [0.15, 0.2) is 0 Å². The van der Waals surface area contributed by atoms with Crippen LogP contribution in [0, 0.1) is 5.41 Å². The molecule has 0 aliphatic rings. The highest BCUT2D eigenvalue weighted by atomic mass is 16.2. The Balaban J connectivity index is 2.15. The molecule has 3 amide bonds. The maximum absolute atomic E-state index is 12.7. The monoisotopic (exact) mass is 395 g/mol. The molecule has 2 aromatic rings. The SMILES string of the molecule is CCN(CC)C(=O)c1cccc(NC(=O)c2cccc(NC(=O)C(C)(C)C)c2)c1. The summed E-state index contributed by atoms with van der Waals surface area (Å²) in [5, 5.41) is 5.64. The van der Waals surface area contributed by atoms with E-state index in [0.29, 0.717) is 35.6 Å². The first-order valence-electron chi connectivity index (χ1n) is 9.78. The third-order valence-electron chi connectivity index (χ3n) is 4.48. The van der Waals surface area contributed by atoms with E-state index in [1.54, 1.807) is 53.4 Å². The minimum absolute atomic E-state index is 0.0713. The Morgan fingerprint density at radius 1 is 0.828 bits per heavy atom. The minimum Gasteiger partial charge on any atom is -0.339 e. The smallest absolute Gasteiger partial charge is 0.255 e. The molecule has 0 saturated carbocycles. The van der Waals surface area contributed by atoms with E-state index in [9.17, 15) is 14.4 Å². The van der Waals surface area contributed by atoms with E-state index in [4.69, 9.17) is 0 Å². The lowest BCUT2D eigenvalue weighted by atomic mass is 9.95. The lowest BCUT2D eigenvalue weighted by Gasteiger charge is -2.19. The molecule has 0 aliphatic carbocycles. The van der Waals surface area contributed by atoms with Gasteiger partial charge in [0.1, 0.15) is 0 Å². The van der Waals surface area contributed by atoms with E-state index in [1.807, 2.05) is 34.6 Å². The Hall–Kier alpha value is -3.15. The second kappa shape index (κ2) is 9.37. The van der Waals surface area contributed by atoms with Crippen molar-refractivity contribution in [3.63, 3.8) is 0 Å². The van der Waals surface area contributed by atoms with Gasteiger partial charge in [0, 0.05) is 41.0 Å². The molecule has 6 heteroatoms. The quantitative estimate of drug-likeness (QED) is 0.761. The van der Waals surface area contributed by atoms with Crippen molar-refractivity contribution in [2.75, 3.05) is 23.7 Å². The Labute approximate surface area is 172 Å². The van der Waals surface area contributed by atoms with Crippen molar-refractivity contribution in [3.8, 4) is 0 Å². The van der Waals surface area contributed by atoms with Gasteiger partial charge in [0.2, 0.25) is 5.91 Å². The van der Waals surface area contributed by atoms with Crippen LogP contribution in [-0.2, 0) is 4.79 Å². The molecular weight excluding hydrogens is 366 g/mol. The van der Waals surface area contributed by atoms with Crippen molar-refractivity contribution in [1.82, 2.24) is 4.90 Å². The number of carbonyl (C=O) groups is 3. The van der Waals surface area contributed by atoms with Gasteiger partial charge in [-0.2, -0.15) is 0 Å². The molecule has 6 nitrogen and oxygen atoms in total. The molecule has 0 aliphatic heterocycles. The molecule has 0 heterocycles. The largest absolute Gasteiger partial charge is 0.339 e. The van der Waals surface area contributed by atoms with Crippen molar-refractivity contribution in [2.45, 2.75) is 34.6 Å². The van der Waals surface area contributed by atoms with E-state index < -0.39 is 5.41 Å². The summed E-state index contributed by atoms with van der Waals surface area (Å²) in [4.78, 5) is 39.1. The highest BCUT2D eigenvalue weighted by molar-refractivity contribution is 6.06. The first-order chi connectivity index (χ1) is 13.7. The van der Waals surface area contributed by atoms with Crippen molar-refractivity contribution < 1.29 is 14.4 Å². The molecule has 0 radical (unpaired) electrons. The van der Waals surface area contributed by atoms with Crippen LogP contribution in [0.15, 0.2) is 48.5 Å². The van der Waals surface area contributed by atoms with E-state index in [1.165, 1.54) is 0 Å². The van der Waals surface area contributed by atoms with Gasteiger partial charge in [0.25, 0.3) is 11.8 Å². The van der Waals surface area contributed by atoms with E-state index >= 15 is 0 Å². The van der Waals surface area contributed by atoms with Gasteiger partial charge in [-0.05, 0) is 50.2 Å². The summed E-state index contributed by atoms with van der Waals surface area (Å²) in [5.74, 6) is -0.514. The fraction of sp³-hybridized carbons (Fsp3) is 0.348. The normalized spacial score (nSPS) is 10.9. The summed E-state index contributed by atoms with van der Waals surface area (Å²) in [6.07, 6.45) is 0. The fourth-order valence-corrected chi connectivity index (χ4v) is 2.68. The number of hydrogen-bond acceptors (Lipinski definition) is 3. The predicted molar refractivity (Wildman–Crippen MR) is 116 cm³/mol. The van der Waals surface area contributed by atoms with Gasteiger partial charge in [-0.15, -0.1) is 0 Å². The molecule has 0 saturated heterocycles. The summed E-state index contributed by atoms with van der Waals surface area (Å²) in [6.45, 7) is 10.6. The summed E-state index contributed by atoms with van der Waals surface area (Å²) < 4.78 is 0. The van der Waals surface area contributed by atoms with Crippen LogP contribution in [0.25, 0.3) is 0 Å². The molecule has 0 spiro atoms. The molecule has 2 rings (SSSR count). The van der Waals surface area contributed by atoms with Crippen LogP contribution in [0.3, 0.4) is 0 Å². The van der Waals surface area contributed by atoms with E-state index in [-0.39, 0.29) is 17.7 Å². The third kappa shape index (κ3) is 5.91. The minimum atomic E-state index is -0.532. The number of benzene rings is 2. The molecule has 0 fully saturated rings. The highest BCUT2D eigenvalue weighted by Crippen LogP contribution is 2.19. The molecule has 0 aromatic heterocycles. The van der Waals surface area contributed by atoms with Crippen LogP contribution >= 0.6 is 0 Å². The zero-order chi connectivity index (χ0) is 21.6. The van der Waals surface area contributed by atoms with Gasteiger partial charge in [-0.1, -0.05) is 32.9 Å². The van der Waals surface area contributed by atoms with E-state index in [0.717, 1.165) is 0 Å². The summed E-state index contributed by atoms with van der Waals surface area (Å²) in [7, 11) is 0. The molecule has 2 N–H and O–H groups in total. The first-order valence-corrected chi connectivity index (χ1v) is 9.78. The van der Waals surface area contributed by atoms with Gasteiger partial charge in [-0.3, -0.25) is 14.4 Å². The molecule has 29 heavy (non-hydrogen) atoms. The Bertz CT molecular complexity index is 896. The standard InChI is InChI=1S/C23H29N3O3/c1-6-26(7-2)21(28)17-11-9-12-18(15-17)24-20(27)16-10-8-13-19(14-16)25-22(29)23(3,4)5/h8-15H,6-7H2,1-5H3,(H,24,27)(H,25,29). The second-order valence-electron chi connectivity index (χ2n) is 7.80. The maximum atomic E-state index is 12.7. The first kappa shape index (κ1) is 22.1. The van der Waals surface area contributed by atoms with Crippen LogP contribution < -0.4 is 10.6 Å². The Morgan fingerprint density at radius 3 is 1.90 bits per heavy atom. The average Bonchev–Trinajstić information content (AvgIpc) is 2.68. The zero-order valence-electron chi connectivity index (χ0n) is 17.7. The predicted octanol–water partition coefficient (Wildman–Crippen LogP) is 4.41. The van der Waals surface area contributed by atoms with Crippen LogP contribution in [0.2, 0.25) is 0 Å². The number of rotatable bonds is 6. The van der Waals surface area contributed by atoms with Gasteiger partial charge < -0.3 is 15.5 Å². The summed E-state index contributed by atoms with van der Waals surface area (Å²) in [5.41, 5.74) is 1.51. The highest BCUT2D eigenvalue weighted by Gasteiger charge is 2.21. The van der Waals surface area contributed by atoms with Crippen molar-refractivity contribution in [3.05, 3.63) is 59.7 Å². The topological polar surface area (TPSA) is 78.5 Å². The number of nitrogens with one attached hydrogen (secondary N) is 2. The van der Waals surface area contributed by atoms with Crippen molar-refractivity contribution in [1.29, 1.82) is 0 Å². The molecule has 0 bridgehead atoms. The summed E-state index contributed by atoms with van der Waals surface area (Å²) in [6, 6.07) is 13.6. The lowest BCUT2D eigenvalue weighted by Crippen LogP contribution is -2.30. The molecule has 0 unspecified atom stereocenters. The number of amides is 3. The van der Waals surface area contributed by atoms with Gasteiger partial charge in [0.05, 0.1) is 0 Å². The number of hydrogen-bond donors (Lipinski definition) is 2.